The number of carbonyl (C=O) groups is 1. The molecular weight excluding hydrogens is 320 g/mol. The summed E-state index contributed by atoms with van der Waals surface area (Å²) in [6, 6.07) is 0. The van der Waals surface area contributed by atoms with Crippen LogP contribution in [0.2, 0.25) is 0 Å². The summed E-state index contributed by atoms with van der Waals surface area (Å²) in [5.74, 6) is 0.746. The van der Waals surface area contributed by atoms with Crippen molar-refractivity contribution in [2.75, 3.05) is 6.61 Å². The highest BCUT2D eigenvalue weighted by molar-refractivity contribution is 5.72. The molecule has 0 saturated carbocycles. The SMILES string of the molecule is CCCCCCCCCC(CCCCC)COC(=O)C(CC)CCCC. The van der Waals surface area contributed by atoms with Gasteiger partial charge in [-0.3, -0.25) is 4.79 Å². The lowest BCUT2D eigenvalue weighted by Crippen LogP contribution is -2.21. The van der Waals surface area contributed by atoms with E-state index < -0.39 is 0 Å². The number of hydrogen-bond donors (Lipinski definition) is 0. The van der Waals surface area contributed by atoms with Crippen LogP contribution in [0.25, 0.3) is 0 Å². The van der Waals surface area contributed by atoms with E-state index in [0.29, 0.717) is 12.5 Å². The second kappa shape index (κ2) is 19.2. The first-order valence-corrected chi connectivity index (χ1v) is 11.9. The van der Waals surface area contributed by atoms with Crippen molar-refractivity contribution in [2.24, 2.45) is 11.8 Å². The third-order valence-corrected chi connectivity index (χ3v) is 5.63. The molecule has 0 aliphatic heterocycles. The van der Waals surface area contributed by atoms with Gasteiger partial charge in [0, 0.05) is 0 Å². The minimum Gasteiger partial charge on any atom is -0.465 e. The van der Waals surface area contributed by atoms with E-state index >= 15 is 0 Å². The predicted molar refractivity (Wildman–Crippen MR) is 115 cm³/mol. The summed E-state index contributed by atoms with van der Waals surface area (Å²) in [4.78, 5) is 12.4. The van der Waals surface area contributed by atoms with Gasteiger partial charge in [-0.05, 0) is 31.6 Å². The molecule has 0 bridgehead atoms. The summed E-state index contributed by atoms with van der Waals surface area (Å²) in [5.41, 5.74) is 0. The molecule has 2 atom stereocenters. The number of carbonyl (C=O) groups excluding carboxylic acids is 1. The van der Waals surface area contributed by atoms with Crippen LogP contribution in [-0.2, 0) is 9.53 Å². The van der Waals surface area contributed by atoms with Crippen molar-refractivity contribution in [2.45, 2.75) is 130 Å². The molecule has 0 heterocycles. The maximum Gasteiger partial charge on any atom is 0.308 e. The molecule has 0 aromatic rings. The zero-order valence-electron chi connectivity index (χ0n) is 18.5. The molecule has 0 saturated heterocycles. The highest BCUT2D eigenvalue weighted by Crippen LogP contribution is 2.21. The lowest BCUT2D eigenvalue weighted by Gasteiger charge is -2.19. The average molecular weight is 369 g/mol. The molecule has 2 heteroatoms. The lowest BCUT2D eigenvalue weighted by molar-refractivity contribution is -0.150. The second-order valence-electron chi connectivity index (χ2n) is 8.15. The molecule has 0 N–H and O–H groups in total. The van der Waals surface area contributed by atoms with E-state index in [-0.39, 0.29) is 11.9 Å². The van der Waals surface area contributed by atoms with Gasteiger partial charge in [0.25, 0.3) is 0 Å². The summed E-state index contributed by atoms with van der Waals surface area (Å²) in [5, 5.41) is 0. The third kappa shape index (κ3) is 14.6. The molecule has 0 aliphatic carbocycles. The van der Waals surface area contributed by atoms with Crippen molar-refractivity contribution >= 4 is 5.97 Å². The highest BCUT2D eigenvalue weighted by atomic mass is 16.5. The Labute approximate surface area is 164 Å². The summed E-state index contributed by atoms with van der Waals surface area (Å²) in [6.07, 6.45) is 20.0. The Morgan fingerprint density at radius 1 is 0.654 bits per heavy atom. The van der Waals surface area contributed by atoms with Crippen molar-refractivity contribution in [3.63, 3.8) is 0 Å². The van der Waals surface area contributed by atoms with E-state index in [2.05, 4.69) is 27.7 Å². The highest BCUT2D eigenvalue weighted by Gasteiger charge is 2.19. The number of esters is 1. The molecule has 0 fully saturated rings. The van der Waals surface area contributed by atoms with E-state index in [1.165, 1.54) is 77.0 Å². The Kier molecular flexibility index (Phi) is 18.8. The van der Waals surface area contributed by atoms with E-state index in [0.717, 1.165) is 25.7 Å². The van der Waals surface area contributed by atoms with Gasteiger partial charge in [-0.1, -0.05) is 105 Å². The first-order valence-electron chi connectivity index (χ1n) is 11.9. The van der Waals surface area contributed by atoms with Crippen molar-refractivity contribution < 1.29 is 9.53 Å². The summed E-state index contributed by atoms with van der Waals surface area (Å²) in [6.45, 7) is 9.47. The van der Waals surface area contributed by atoms with Gasteiger partial charge < -0.3 is 4.74 Å². The van der Waals surface area contributed by atoms with Crippen molar-refractivity contribution in [3.8, 4) is 0 Å². The number of ether oxygens (including phenoxy) is 1. The Hall–Kier alpha value is -0.530. The topological polar surface area (TPSA) is 26.3 Å². The Morgan fingerprint density at radius 2 is 1.15 bits per heavy atom. The van der Waals surface area contributed by atoms with Crippen LogP contribution in [0, 0.1) is 11.8 Å². The standard InChI is InChI=1S/C24H48O2/c1-5-9-12-13-14-15-17-19-22(18-16-10-6-2)21-26-24(25)23(8-4)20-11-7-3/h22-23H,5-21H2,1-4H3. The quantitative estimate of drug-likeness (QED) is 0.170. The molecule has 0 radical (unpaired) electrons. The van der Waals surface area contributed by atoms with Gasteiger partial charge in [-0.15, -0.1) is 0 Å². The van der Waals surface area contributed by atoms with Gasteiger partial charge in [0.1, 0.15) is 0 Å². The van der Waals surface area contributed by atoms with Crippen LogP contribution < -0.4 is 0 Å². The molecule has 0 rings (SSSR count). The first-order chi connectivity index (χ1) is 12.7. The zero-order chi connectivity index (χ0) is 19.5. The van der Waals surface area contributed by atoms with Crippen LogP contribution in [-0.4, -0.2) is 12.6 Å². The minimum absolute atomic E-state index is 0.0565. The van der Waals surface area contributed by atoms with Crippen molar-refractivity contribution in [1.82, 2.24) is 0 Å². The maximum atomic E-state index is 12.4. The van der Waals surface area contributed by atoms with Gasteiger partial charge in [0.15, 0.2) is 0 Å². The molecule has 156 valence electrons. The van der Waals surface area contributed by atoms with Crippen LogP contribution >= 0.6 is 0 Å². The molecule has 2 unspecified atom stereocenters. The molecule has 2 nitrogen and oxygen atoms in total. The molecule has 0 aromatic heterocycles. The van der Waals surface area contributed by atoms with Gasteiger partial charge in [-0.2, -0.15) is 0 Å². The Balaban J connectivity index is 4.12. The molecule has 0 aliphatic rings. The lowest BCUT2D eigenvalue weighted by atomic mass is 9.95. The Bertz CT molecular complexity index is 301. The van der Waals surface area contributed by atoms with E-state index in [4.69, 9.17) is 4.74 Å². The fourth-order valence-electron chi connectivity index (χ4n) is 3.64. The van der Waals surface area contributed by atoms with E-state index in [1.54, 1.807) is 0 Å². The summed E-state index contributed by atoms with van der Waals surface area (Å²) < 4.78 is 5.76. The molecule has 26 heavy (non-hydrogen) atoms. The normalized spacial score (nSPS) is 13.5. The van der Waals surface area contributed by atoms with Crippen molar-refractivity contribution in [3.05, 3.63) is 0 Å². The predicted octanol–water partition coefficient (Wildman–Crippen LogP) is 8.08. The first kappa shape index (κ1) is 25.5. The van der Waals surface area contributed by atoms with Crippen molar-refractivity contribution in [1.29, 1.82) is 0 Å². The average Bonchev–Trinajstić information content (AvgIpc) is 2.65. The maximum absolute atomic E-state index is 12.4. The third-order valence-electron chi connectivity index (χ3n) is 5.63. The second-order valence-corrected chi connectivity index (χ2v) is 8.15. The van der Waals surface area contributed by atoms with Gasteiger partial charge in [0.2, 0.25) is 0 Å². The number of unbranched alkanes of at least 4 members (excludes halogenated alkanes) is 9. The monoisotopic (exact) mass is 368 g/mol. The van der Waals surface area contributed by atoms with E-state index in [1.807, 2.05) is 0 Å². The number of rotatable bonds is 19. The van der Waals surface area contributed by atoms with Crippen LogP contribution in [0.3, 0.4) is 0 Å². The molecular formula is C24H48O2. The van der Waals surface area contributed by atoms with Gasteiger partial charge in [0.05, 0.1) is 12.5 Å². The largest absolute Gasteiger partial charge is 0.465 e. The summed E-state index contributed by atoms with van der Waals surface area (Å²) >= 11 is 0. The molecule has 0 aromatic carbocycles. The van der Waals surface area contributed by atoms with Crippen LogP contribution in [0.4, 0.5) is 0 Å². The van der Waals surface area contributed by atoms with Crippen LogP contribution in [0.15, 0.2) is 0 Å². The smallest absolute Gasteiger partial charge is 0.308 e. The number of hydrogen-bond acceptors (Lipinski definition) is 2. The molecule has 0 amide bonds. The van der Waals surface area contributed by atoms with Gasteiger partial charge >= 0.3 is 5.97 Å². The minimum atomic E-state index is 0.0565. The van der Waals surface area contributed by atoms with Gasteiger partial charge in [-0.25, -0.2) is 0 Å². The van der Waals surface area contributed by atoms with Crippen LogP contribution in [0.5, 0.6) is 0 Å². The van der Waals surface area contributed by atoms with Crippen LogP contribution in [0.1, 0.15) is 130 Å². The zero-order valence-corrected chi connectivity index (χ0v) is 18.5. The van der Waals surface area contributed by atoms with E-state index in [9.17, 15) is 4.79 Å². The molecule has 0 spiro atoms. The fourth-order valence-corrected chi connectivity index (χ4v) is 3.64. The fraction of sp³-hybridized carbons (Fsp3) is 0.958. The summed E-state index contributed by atoms with van der Waals surface area (Å²) in [7, 11) is 0. The Morgan fingerprint density at radius 3 is 1.73 bits per heavy atom.